The zero-order valence-corrected chi connectivity index (χ0v) is 43.5. The van der Waals surface area contributed by atoms with Crippen LogP contribution in [-0.2, 0) is 63.8 Å². The summed E-state index contributed by atoms with van der Waals surface area (Å²) in [6.07, 6.45) is 3.81. The third-order valence-electron chi connectivity index (χ3n) is 13.0. The number of aromatic hydroxyl groups is 1. The molecule has 6 rings (SSSR count). The van der Waals surface area contributed by atoms with Gasteiger partial charge < -0.3 is 55.3 Å². The molecule has 21 nitrogen and oxygen atoms in total. The first-order chi connectivity index (χ1) is 37.9. The molecule has 1 saturated carbocycles. The fourth-order valence-corrected chi connectivity index (χ4v) is 10.2. The van der Waals surface area contributed by atoms with Crippen LogP contribution in [0.3, 0.4) is 0 Å². The number of phenolic OH excluding ortho intramolecular Hbond substituents is 1. The second-order valence-electron chi connectivity index (χ2n) is 18.7. The number of halogens is 1. The number of allylic oxidation sites excluding steroid dienone is 3. The van der Waals surface area contributed by atoms with E-state index in [9.17, 15) is 67.7 Å². The van der Waals surface area contributed by atoms with Crippen LogP contribution < -0.4 is 20.7 Å². The average Bonchev–Trinajstić information content (AvgIpc) is 3.87. The molecule has 79 heavy (non-hydrogen) atoms. The van der Waals surface area contributed by atoms with Crippen molar-refractivity contribution in [3.8, 4) is 11.5 Å². The van der Waals surface area contributed by atoms with E-state index in [4.69, 9.17) is 19.3 Å². The second kappa shape index (κ2) is 29.6. The van der Waals surface area contributed by atoms with Gasteiger partial charge in [-0.3, -0.25) is 33.6 Å². The first kappa shape index (κ1) is 60.2. The Bertz CT molecular complexity index is 2850. The van der Waals surface area contributed by atoms with E-state index in [0.717, 1.165) is 17.3 Å². The van der Waals surface area contributed by atoms with E-state index < -0.39 is 89.0 Å². The number of phenols is 1. The highest BCUT2D eigenvalue weighted by molar-refractivity contribution is 8.00. The number of ketones is 4. The van der Waals surface area contributed by atoms with Gasteiger partial charge in [0.25, 0.3) is 6.47 Å². The molecule has 6 atom stereocenters. The predicted molar refractivity (Wildman–Crippen MR) is 280 cm³/mol. The fraction of sp³-hybridized carbons (Fsp3) is 0.393. The Morgan fingerprint density at radius 3 is 2.23 bits per heavy atom. The maximum Gasteiger partial charge on any atom is 0.327 e. The molecule has 2 aliphatic carbocycles. The number of carboxylic acid groups (broad SMARTS) is 3. The Kier molecular flexibility index (Phi) is 22.6. The summed E-state index contributed by atoms with van der Waals surface area (Å²) < 4.78 is 36.3. The summed E-state index contributed by atoms with van der Waals surface area (Å²) in [6.45, 7) is 0.366. The maximum absolute atomic E-state index is 14.6. The number of urea groups is 1. The number of carbonyl (C=O) groups excluding carboxylic acids is 7. The lowest BCUT2D eigenvalue weighted by Crippen LogP contribution is -2.49. The van der Waals surface area contributed by atoms with Crippen molar-refractivity contribution >= 4 is 76.8 Å². The average molecular weight is 1110 g/mol. The van der Waals surface area contributed by atoms with Crippen LogP contribution >= 0.6 is 11.8 Å². The lowest BCUT2D eigenvalue weighted by Gasteiger charge is -2.27. The molecule has 3 aromatic rings. The minimum absolute atomic E-state index is 0.00593. The standard InChI is InChI=1S/C56H60FN3O18S/c57-40-27-39-46(28-43(40)64)78-45-11-5-4-10-38(45)50(39)33-12-14-34(15-13-33)51-44(65)29-47(52(51)68)79-30-42(55(72)73)58-53(69)35(25-32-7-2-1-3-8-32)26-37(63)20-22-76-24-23-75-21-6-9-36(62)16-17-41(54(70)71)59-56(74)60-48(77-31-61)18-19-49(66)67/h1-4,7-8,10-15,27-28,31,35,41-42,47-48,51,64H,5-6,9,16-26,29-30H2,(H,58,69)(H,66,67)(H,70,71)(H,72,73)(H2,59,60,74)/t35-,41+,42+,47?,48-,51?/m1/s1. The third-order valence-corrected chi connectivity index (χ3v) is 14.3. The van der Waals surface area contributed by atoms with Crippen molar-refractivity contribution in [2.45, 2.75) is 100 Å². The van der Waals surface area contributed by atoms with E-state index >= 15 is 0 Å². The quantitative estimate of drug-likeness (QED) is 0.0175. The van der Waals surface area contributed by atoms with Gasteiger partial charge in [-0.2, -0.15) is 0 Å². The van der Waals surface area contributed by atoms with Crippen molar-refractivity contribution in [3.63, 3.8) is 0 Å². The summed E-state index contributed by atoms with van der Waals surface area (Å²) in [4.78, 5) is 125. The molecule has 0 radical (unpaired) electrons. The number of amides is 3. The third kappa shape index (κ3) is 17.7. The topological polar surface area (TPSA) is 325 Å². The van der Waals surface area contributed by atoms with Gasteiger partial charge >= 0.3 is 23.9 Å². The molecule has 2 unspecified atom stereocenters. The number of thioether (sulfide) groups is 1. The number of aliphatic carboxylic acids is 3. The number of hydrogen-bond acceptors (Lipinski definition) is 16. The van der Waals surface area contributed by atoms with Crippen LogP contribution in [0.2, 0.25) is 0 Å². The van der Waals surface area contributed by atoms with Crippen molar-refractivity contribution < 1.29 is 91.7 Å². The van der Waals surface area contributed by atoms with Gasteiger partial charge in [-0.05, 0) is 54.5 Å². The van der Waals surface area contributed by atoms with Gasteiger partial charge in [-0.15, -0.1) is 11.8 Å². The van der Waals surface area contributed by atoms with Gasteiger partial charge in [-0.25, -0.2) is 18.8 Å². The first-order valence-corrected chi connectivity index (χ1v) is 26.4. The summed E-state index contributed by atoms with van der Waals surface area (Å²) in [6, 6.07) is 14.0. The Morgan fingerprint density at radius 2 is 1.53 bits per heavy atom. The lowest BCUT2D eigenvalue weighted by molar-refractivity contribution is -0.142. The Morgan fingerprint density at radius 1 is 0.810 bits per heavy atom. The molecule has 7 N–H and O–H groups in total. The fourth-order valence-electron chi connectivity index (χ4n) is 8.95. The van der Waals surface area contributed by atoms with E-state index in [1.807, 2.05) is 18.2 Å². The van der Waals surface area contributed by atoms with Crippen molar-refractivity contribution in [2.75, 3.05) is 32.2 Å². The SMILES string of the molecule is O=CO[C@H](CCC(=O)O)NC(=O)N[C@@H](CCC(=O)CCCOCCOCCC(=O)C[C@@H](Cc1ccccc1)C(=O)N[C@@H](CSC1CC(=O)C(c2ccc(C3=C4C=CCC=C4Oc4cc(O)c(F)cc43)cc2)C1=O)C(=O)O)C(=O)O. The van der Waals surface area contributed by atoms with Gasteiger partial charge in [0.1, 0.15) is 46.9 Å². The van der Waals surface area contributed by atoms with E-state index in [1.165, 1.54) is 12.1 Å². The van der Waals surface area contributed by atoms with Crippen molar-refractivity contribution in [3.05, 3.63) is 124 Å². The van der Waals surface area contributed by atoms with Crippen molar-refractivity contribution in [1.82, 2.24) is 16.0 Å². The van der Waals surface area contributed by atoms with Gasteiger partial charge in [0.05, 0.1) is 31.5 Å². The van der Waals surface area contributed by atoms with Crippen LogP contribution in [0.5, 0.6) is 11.5 Å². The normalized spacial score (nSPS) is 16.9. The van der Waals surface area contributed by atoms with Crippen molar-refractivity contribution in [1.29, 1.82) is 0 Å². The molecule has 1 aliphatic heterocycles. The Labute approximate surface area is 457 Å². The molecular formula is C56H60FN3O18S. The molecule has 0 bridgehead atoms. The van der Waals surface area contributed by atoms with E-state index in [2.05, 4.69) is 20.7 Å². The van der Waals surface area contributed by atoms with Gasteiger partial charge in [0.15, 0.2) is 23.6 Å². The Balaban J connectivity index is 0.924. The smallest absolute Gasteiger partial charge is 0.327 e. The molecule has 3 aliphatic rings. The Hall–Kier alpha value is -8.02. The zero-order chi connectivity index (χ0) is 57.0. The lowest BCUT2D eigenvalue weighted by atomic mass is 9.86. The monoisotopic (exact) mass is 1110 g/mol. The molecule has 420 valence electrons. The van der Waals surface area contributed by atoms with Crippen LogP contribution in [-0.4, -0.2) is 136 Å². The minimum Gasteiger partial charge on any atom is -0.505 e. The number of carboxylic acids is 3. The largest absolute Gasteiger partial charge is 0.505 e. The van der Waals surface area contributed by atoms with Gasteiger partial charge in [0, 0.05) is 79.6 Å². The summed E-state index contributed by atoms with van der Waals surface area (Å²) >= 11 is 0.949. The summed E-state index contributed by atoms with van der Waals surface area (Å²) in [7, 11) is 0. The molecule has 3 amide bonds. The molecule has 0 aromatic heterocycles. The van der Waals surface area contributed by atoms with Gasteiger partial charge in [-0.1, -0.05) is 66.7 Å². The molecular weight excluding hydrogens is 1050 g/mol. The number of nitrogens with one attached hydrogen (secondary N) is 3. The first-order valence-electron chi connectivity index (χ1n) is 25.4. The molecule has 3 aromatic carbocycles. The summed E-state index contributed by atoms with van der Waals surface area (Å²) in [5.74, 6) is -9.00. The molecule has 1 fully saturated rings. The number of rotatable bonds is 33. The molecule has 0 spiro atoms. The van der Waals surface area contributed by atoms with Crippen LogP contribution in [0.25, 0.3) is 5.57 Å². The number of fused-ring (bicyclic) bond motifs is 2. The number of ether oxygens (including phenoxy) is 4. The van der Waals surface area contributed by atoms with E-state index in [1.54, 1.807) is 54.6 Å². The second-order valence-corrected chi connectivity index (χ2v) is 19.9. The maximum atomic E-state index is 14.6. The van der Waals surface area contributed by atoms with Crippen LogP contribution in [0, 0.1) is 11.7 Å². The predicted octanol–water partition coefficient (Wildman–Crippen LogP) is 5.35. The number of hydrogen-bond donors (Lipinski definition) is 7. The highest BCUT2D eigenvalue weighted by atomic mass is 32.2. The van der Waals surface area contributed by atoms with E-state index in [0.29, 0.717) is 46.4 Å². The summed E-state index contributed by atoms with van der Waals surface area (Å²) in [5.41, 5.74) is 3.54. The number of carbonyl (C=O) groups is 10. The molecule has 0 saturated heterocycles. The summed E-state index contributed by atoms with van der Waals surface area (Å²) in [5, 5.41) is 44.5. The van der Waals surface area contributed by atoms with Crippen LogP contribution in [0.15, 0.2) is 96.3 Å². The number of benzene rings is 3. The van der Waals surface area contributed by atoms with E-state index in [-0.39, 0.29) is 113 Å². The highest BCUT2D eigenvalue weighted by Crippen LogP contribution is 2.45. The van der Waals surface area contributed by atoms with Crippen molar-refractivity contribution in [2.24, 2.45) is 5.92 Å². The van der Waals surface area contributed by atoms with Gasteiger partial charge in [0.2, 0.25) is 5.91 Å². The zero-order valence-electron chi connectivity index (χ0n) is 42.7. The van der Waals surface area contributed by atoms with Crippen LogP contribution in [0.4, 0.5) is 9.18 Å². The molecule has 1 heterocycles. The molecule has 23 heteroatoms. The van der Waals surface area contributed by atoms with Crippen LogP contribution in [0.1, 0.15) is 92.4 Å². The number of Topliss-reactive ketones (excluding diaryl/α,β-unsaturated/α-hetero) is 4. The highest BCUT2D eigenvalue weighted by Gasteiger charge is 2.43. The minimum atomic E-state index is -1.47.